The summed E-state index contributed by atoms with van der Waals surface area (Å²) in [6.07, 6.45) is 2.84. The lowest BCUT2D eigenvalue weighted by Gasteiger charge is -2.32. The molecule has 0 aromatic heterocycles. The molecule has 0 radical (unpaired) electrons. The van der Waals surface area contributed by atoms with Gasteiger partial charge in [-0.2, -0.15) is 0 Å². The molecular weight excluding hydrogens is 490 g/mol. The van der Waals surface area contributed by atoms with E-state index in [2.05, 4.69) is 5.32 Å². The highest BCUT2D eigenvalue weighted by atomic mass is 32.2. The van der Waals surface area contributed by atoms with Crippen molar-refractivity contribution in [3.63, 3.8) is 0 Å². The van der Waals surface area contributed by atoms with E-state index in [0.29, 0.717) is 30.8 Å². The Hall–Kier alpha value is -3.07. The SMILES string of the molecule is CC[C@H](C(=O)N[C@@H](C)CC)N(Cc1ccc(C)cc1)C(=O)CCCN(c1ccc(OC)cc1)S(C)(=O)=O. The summed E-state index contributed by atoms with van der Waals surface area (Å²) < 4.78 is 31.4. The number of nitrogens with one attached hydrogen (secondary N) is 1. The van der Waals surface area contributed by atoms with Crippen LogP contribution in [0.25, 0.3) is 0 Å². The Kier molecular flexibility index (Phi) is 11.4. The van der Waals surface area contributed by atoms with Gasteiger partial charge in [-0.15, -0.1) is 0 Å². The van der Waals surface area contributed by atoms with Crippen LogP contribution in [0.5, 0.6) is 5.75 Å². The van der Waals surface area contributed by atoms with E-state index in [1.807, 2.05) is 52.0 Å². The van der Waals surface area contributed by atoms with Crippen molar-refractivity contribution in [2.45, 2.75) is 72.0 Å². The maximum absolute atomic E-state index is 13.5. The number of carbonyl (C=O) groups excluding carboxylic acids is 2. The van der Waals surface area contributed by atoms with Gasteiger partial charge in [0.25, 0.3) is 0 Å². The van der Waals surface area contributed by atoms with Gasteiger partial charge in [-0.1, -0.05) is 43.7 Å². The van der Waals surface area contributed by atoms with E-state index in [0.717, 1.165) is 23.8 Å². The molecule has 0 aliphatic rings. The van der Waals surface area contributed by atoms with Crippen LogP contribution in [0.15, 0.2) is 48.5 Å². The molecular formula is C28H41N3O5S. The molecule has 8 nitrogen and oxygen atoms in total. The van der Waals surface area contributed by atoms with Gasteiger partial charge in [0.1, 0.15) is 11.8 Å². The number of methoxy groups -OCH3 is 1. The summed E-state index contributed by atoms with van der Waals surface area (Å²) in [6, 6.07) is 14.0. The number of sulfonamides is 1. The van der Waals surface area contributed by atoms with Crippen LogP contribution >= 0.6 is 0 Å². The molecule has 0 fully saturated rings. The number of aryl methyl sites for hydroxylation is 1. The quantitative estimate of drug-likeness (QED) is 0.393. The number of benzene rings is 2. The van der Waals surface area contributed by atoms with Gasteiger partial charge < -0.3 is 15.0 Å². The van der Waals surface area contributed by atoms with Crippen molar-refractivity contribution in [3.8, 4) is 5.75 Å². The molecule has 2 atom stereocenters. The maximum atomic E-state index is 13.5. The lowest BCUT2D eigenvalue weighted by atomic mass is 10.1. The molecule has 0 unspecified atom stereocenters. The van der Waals surface area contributed by atoms with Crippen LogP contribution in [-0.4, -0.2) is 57.1 Å². The van der Waals surface area contributed by atoms with Crippen molar-refractivity contribution < 1.29 is 22.7 Å². The molecule has 2 amide bonds. The highest BCUT2D eigenvalue weighted by Gasteiger charge is 2.29. The fraction of sp³-hybridized carbons (Fsp3) is 0.500. The number of carbonyl (C=O) groups is 2. The Bertz CT molecular complexity index is 1120. The van der Waals surface area contributed by atoms with Crippen LogP contribution in [-0.2, 0) is 26.2 Å². The number of hydrogen-bond donors (Lipinski definition) is 1. The normalized spacial score (nSPS) is 12.9. The van der Waals surface area contributed by atoms with Crippen LogP contribution in [0.2, 0.25) is 0 Å². The largest absolute Gasteiger partial charge is 0.497 e. The Labute approximate surface area is 222 Å². The third kappa shape index (κ3) is 9.07. The molecule has 2 rings (SSSR count). The molecule has 1 N–H and O–H groups in total. The minimum Gasteiger partial charge on any atom is -0.497 e. The van der Waals surface area contributed by atoms with Gasteiger partial charge in [-0.25, -0.2) is 8.42 Å². The lowest BCUT2D eigenvalue weighted by molar-refractivity contribution is -0.141. The minimum atomic E-state index is -3.56. The second-order valence-corrected chi connectivity index (χ2v) is 11.3. The van der Waals surface area contributed by atoms with Crippen LogP contribution in [0.4, 0.5) is 5.69 Å². The Morgan fingerprint density at radius 1 is 1.00 bits per heavy atom. The van der Waals surface area contributed by atoms with Gasteiger partial charge in [0.05, 0.1) is 19.1 Å². The summed E-state index contributed by atoms with van der Waals surface area (Å²) in [5.41, 5.74) is 2.55. The van der Waals surface area contributed by atoms with Crippen molar-refractivity contribution in [1.82, 2.24) is 10.2 Å². The van der Waals surface area contributed by atoms with Gasteiger partial charge in [0, 0.05) is 25.6 Å². The molecule has 0 bridgehead atoms. The Morgan fingerprint density at radius 2 is 1.62 bits per heavy atom. The fourth-order valence-electron chi connectivity index (χ4n) is 4.00. The van der Waals surface area contributed by atoms with Crippen LogP contribution in [0, 0.1) is 6.92 Å². The van der Waals surface area contributed by atoms with Crippen molar-refractivity contribution >= 4 is 27.5 Å². The Morgan fingerprint density at radius 3 is 2.14 bits per heavy atom. The van der Waals surface area contributed by atoms with Crippen LogP contribution in [0.3, 0.4) is 0 Å². The van der Waals surface area contributed by atoms with E-state index in [4.69, 9.17) is 4.74 Å². The van der Waals surface area contributed by atoms with E-state index in [9.17, 15) is 18.0 Å². The summed E-state index contributed by atoms with van der Waals surface area (Å²) in [5, 5.41) is 3.01. The number of hydrogen-bond acceptors (Lipinski definition) is 5. The zero-order valence-electron chi connectivity index (χ0n) is 22.9. The van der Waals surface area contributed by atoms with Gasteiger partial charge in [-0.05, 0) is 62.9 Å². The molecule has 2 aromatic carbocycles. The van der Waals surface area contributed by atoms with E-state index < -0.39 is 16.1 Å². The standard InChI is InChI=1S/C28H41N3O5S/c1-7-22(4)29-28(33)26(8-2)30(20-23-13-11-21(3)12-14-23)27(32)10-9-19-31(37(6,34)35)24-15-17-25(36-5)18-16-24/h11-18,22,26H,7-10,19-20H2,1-6H3,(H,29,33)/t22-,26+/m0/s1. The van der Waals surface area contributed by atoms with Crippen molar-refractivity contribution in [2.75, 3.05) is 24.2 Å². The zero-order valence-corrected chi connectivity index (χ0v) is 23.7. The van der Waals surface area contributed by atoms with Crippen LogP contribution < -0.4 is 14.4 Å². The highest BCUT2D eigenvalue weighted by Crippen LogP contribution is 2.22. The third-order valence-electron chi connectivity index (χ3n) is 6.37. The maximum Gasteiger partial charge on any atom is 0.243 e. The topological polar surface area (TPSA) is 96.0 Å². The molecule has 0 saturated carbocycles. The average molecular weight is 532 g/mol. The highest BCUT2D eigenvalue weighted by molar-refractivity contribution is 7.92. The monoisotopic (exact) mass is 531 g/mol. The van der Waals surface area contributed by atoms with E-state index in [1.165, 1.54) is 4.31 Å². The zero-order chi connectivity index (χ0) is 27.6. The molecule has 0 heterocycles. The summed E-state index contributed by atoms with van der Waals surface area (Å²) in [4.78, 5) is 28.2. The first-order chi connectivity index (χ1) is 17.5. The minimum absolute atomic E-state index is 0.00527. The summed E-state index contributed by atoms with van der Waals surface area (Å²) >= 11 is 0. The number of ether oxygens (including phenoxy) is 1. The smallest absolute Gasteiger partial charge is 0.243 e. The molecule has 37 heavy (non-hydrogen) atoms. The lowest BCUT2D eigenvalue weighted by Crippen LogP contribution is -2.50. The molecule has 2 aromatic rings. The molecule has 0 aliphatic carbocycles. The third-order valence-corrected chi connectivity index (χ3v) is 7.57. The average Bonchev–Trinajstić information content (AvgIpc) is 2.86. The number of amides is 2. The van der Waals surface area contributed by atoms with Crippen molar-refractivity contribution in [3.05, 3.63) is 59.7 Å². The molecule has 204 valence electrons. The first kappa shape index (κ1) is 30.2. The first-order valence-electron chi connectivity index (χ1n) is 12.8. The predicted molar refractivity (Wildman–Crippen MR) is 148 cm³/mol. The van der Waals surface area contributed by atoms with Gasteiger partial charge in [-0.3, -0.25) is 13.9 Å². The van der Waals surface area contributed by atoms with Gasteiger partial charge in [0.15, 0.2) is 0 Å². The fourth-order valence-corrected chi connectivity index (χ4v) is 4.97. The first-order valence-corrected chi connectivity index (χ1v) is 14.6. The van der Waals surface area contributed by atoms with E-state index in [1.54, 1.807) is 36.3 Å². The molecule has 0 aliphatic heterocycles. The van der Waals surface area contributed by atoms with Crippen molar-refractivity contribution in [2.24, 2.45) is 0 Å². The second kappa shape index (κ2) is 14.0. The molecule has 0 saturated heterocycles. The number of rotatable bonds is 14. The summed E-state index contributed by atoms with van der Waals surface area (Å²) in [5.74, 6) is 0.267. The Balaban J connectivity index is 2.21. The van der Waals surface area contributed by atoms with Crippen molar-refractivity contribution in [1.29, 1.82) is 0 Å². The predicted octanol–water partition coefficient (Wildman–Crippen LogP) is 4.27. The van der Waals surface area contributed by atoms with Gasteiger partial charge in [0.2, 0.25) is 21.8 Å². The summed E-state index contributed by atoms with van der Waals surface area (Å²) in [6.45, 7) is 8.28. The molecule has 9 heteroatoms. The number of anilines is 1. The van der Waals surface area contributed by atoms with E-state index in [-0.39, 0.29) is 30.8 Å². The van der Waals surface area contributed by atoms with E-state index >= 15 is 0 Å². The van der Waals surface area contributed by atoms with Gasteiger partial charge >= 0.3 is 0 Å². The number of nitrogens with zero attached hydrogens (tertiary/aromatic N) is 2. The molecule has 0 spiro atoms. The van der Waals surface area contributed by atoms with Crippen LogP contribution in [0.1, 0.15) is 57.6 Å². The summed E-state index contributed by atoms with van der Waals surface area (Å²) in [7, 11) is -2.01. The second-order valence-electron chi connectivity index (χ2n) is 9.39.